The zero-order valence-corrected chi connectivity index (χ0v) is 13.1. The van der Waals surface area contributed by atoms with E-state index in [0.29, 0.717) is 13.2 Å². The number of ether oxygens (including phenoxy) is 1. The topological polar surface area (TPSA) is 68.9 Å². The predicted octanol–water partition coefficient (Wildman–Crippen LogP) is 1.96. The highest BCUT2D eigenvalue weighted by Crippen LogP contribution is 2.13. The Balaban J connectivity index is 1.49. The SMILES string of the molecule is O=C(CC[n+]1ccc(-c2ccnnc2)cn1)OCc1ccccc1. The fourth-order valence-corrected chi connectivity index (χ4v) is 2.16. The summed E-state index contributed by atoms with van der Waals surface area (Å²) >= 11 is 0. The molecule has 0 spiro atoms. The summed E-state index contributed by atoms with van der Waals surface area (Å²) in [5, 5.41) is 11.9. The van der Waals surface area contributed by atoms with E-state index < -0.39 is 0 Å². The van der Waals surface area contributed by atoms with Gasteiger partial charge in [0.15, 0.2) is 12.7 Å². The monoisotopic (exact) mass is 321 g/mol. The average molecular weight is 321 g/mol. The second-order valence-corrected chi connectivity index (χ2v) is 5.21. The lowest BCUT2D eigenvalue weighted by atomic mass is 10.1. The maximum Gasteiger partial charge on any atom is 0.312 e. The second kappa shape index (κ2) is 7.92. The van der Waals surface area contributed by atoms with Gasteiger partial charge in [-0.05, 0) is 16.7 Å². The van der Waals surface area contributed by atoms with Crippen LogP contribution in [0, 0.1) is 0 Å². The normalized spacial score (nSPS) is 10.3. The van der Waals surface area contributed by atoms with Crippen LogP contribution < -0.4 is 4.68 Å². The number of hydrogen-bond acceptors (Lipinski definition) is 5. The van der Waals surface area contributed by atoms with Crippen LogP contribution in [-0.2, 0) is 22.7 Å². The second-order valence-electron chi connectivity index (χ2n) is 5.21. The van der Waals surface area contributed by atoms with Crippen molar-refractivity contribution >= 4 is 5.97 Å². The molecule has 0 N–H and O–H groups in total. The molecule has 6 heteroatoms. The highest BCUT2D eigenvalue weighted by atomic mass is 16.5. The summed E-state index contributed by atoms with van der Waals surface area (Å²) in [6.45, 7) is 0.772. The van der Waals surface area contributed by atoms with E-state index in [9.17, 15) is 4.79 Å². The molecule has 6 nitrogen and oxygen atoms in total. The van der Waals surface area contributed by atoms with Gasteiger partial charge in [-0.1, -0.05) is 35.0 Å². The van der Waals surface area contributed by atoms with E-state index >= 15 is 0 Å². The fraction of sp³-hybridized carbons (Fsp3) is 0.167. The number of rotatable bonds is 6. The Morgan fingerprint density at radius 1 is 1.00 bits per heavy atom. The largest absolute Gasteiger partial charge is 0.461 e. The van der Waals surface area contributed by atoms with E-state index in [1.54, 1.807) is 23.3 Å². The third-order valence-corrected chi connectivity index (χ3v) is 3.48. The van der Waals surface area contributed by atoms with Gasteiger partial charge in [0.25, 0.3) is 0 Å². The number of esters is 1. The van der Waals surface area contributed by atoms with Crippen molar-refractivity contribution in [3.05, 3.63) is 72.8 Å². The molecule has 0 aliphatic rings. The van der Waals surface area contributed by atoms with Gasteiger partial charge in [-0.3, -0.25) is 4.79 Å². The summed E-state index contributed by atoms with van der Waals surface area (Å²) < 4.78 is 6.96. The Bertz CT molecular complexity index is 777. The maximum atomic E-state index is 11.8. The van der Waals surface area contributed by atoms with Crippen LogP contribution in [0.3, 0.4) is 0 Å². The van der Waals surface area contributed by atoms with Crippen molar-refractivity contribution in [3.8, 4) is 11.1 Å². The first-order chi connectivity index (χ1) is 11.8. The van der Waals surface area contributed by atoms with Crippen LogP contribution in [0.1, 0.15) is 12.0 Å². The summed E-state index contributed by atoms with van der Waals surface area (Å²) in [5.41, 5.74) is 2.88. The van der Waals surface area contributed by atoms with Gasteiger partial charge < -0.3 is 4.74 Å². The molecule has 0 amide bonds. The Labute approximate surface area is 139 Å². The standard InChI is InChI=1S/C18H17N4O2/c23-18(24-14-15-4-2-1-3-5-15)8-11-22-10-7-17(13-21-22)16-6-9-19-20-12-16/h1-7,9-10,12-13H,8,11,14H2/q+1. The molecule has 0 saturated heterocycles. The lowest BCUT2D eigenvalue weighted by Gasteiger charge is -2.03. The Hall–Kier alpha value is -3.15. The van der Waals surface area contributed by atoms with Gasteiger partial charge in [0.2, 0.25) is 0 Å². The van der Waals surface area contributed by atoms with E-state index in [1.165, 1.54) is 0 Å². The van der Waals surface area contributed by atoms with E-state index in [4.69, 9.17) is 4.74 Å². The minimum absolute atomic E-state index is 0.240. The molecule has 1 aromatic carbocycles. The molecule has 0 aliphatic carbocycles. The van der Waals surface area contributed by atoms with Crippen molar-refractivity contribution in [2.75, 3.05) is 0 Å². The van der Waals surface area contributed by atoms with Crippen molar-refractivity contribution in [2.24, 2.45) is 0 Å². The number of benzene rings is 1. The van der Waals surface area contributed by atoms with Crippen LogP contribution in [0.2, 0.25) is 0 Å². The van der Waals surface area contributed by atoms with E-state index in [0.717, 1.165) is 16.7 Å². The van der Waals surface area contributed by atoms with E-state index in [-0.39, 0.29) is 12.4 Å². The van der Waals surface area contributed by atoms with E-state index in [2.05, 4.69) is 15.3 Å². The predicted molar refractivity (Wildman–Crippen MR) is 86.3 cm³/mol. The summed E-state index contributed by atoms with van der Waals surface area (Å²) in [6, 6.07) is 13.4. The molecule has 2 heterocycles. The molecular formula is C18H17N4O2+. The number of aryl methyl sites for hydroxylation is 1. The zero-order valence-electron chi connectivity index (χ0n) is 13.1. The van der Waals surface area contributed by atoms with Gasteiger partial charge in [0, 0.05) is 17.2 Å². The highest BCUT2D eigenvalue weighted by molar-refractivity contribution is 5.69. The van der Waals surface area contributed by atoms with Crippen molar-refractivity contribution in [2.45, 2.75) is 19.6 Å². The maximum absolute atomic E-state index is 11.8. The first kappa shape index (κ1) is 15.7. The smallest absolute Gasteiger partial charge is 0.312 e. The molecular weight excluding hydrogens is 304 g/mol. The summed E-state index contributed by atoms with van der Waals surface area (Å²) in [5.74, 6) is -0.240. The molecule has 0 saturated carbocycles. The molecule has 0 fully saturated rings. The highest BCUT2D eigenvalue weighted by Gasteiger charge is 2.10. The van der Waals surface area contributed by atoms with Gasteiger partial charge >= 0.3 is 5.97 Å². The molecule has 0 aliphatic heterocycles. The van der Waals surface area contributed by atoms with Crippen LogP contribution in [0.25, 0.3) is 11.1 Å². The molecule has 3 rings (SSSR count). The van der Waals surface area contributed by atoms with Crippen LogP contribution >= 0.6 is 0 Å². The molecule has 2 aromatic heterocycles. The first-order valence-corrected chi connectivity index (χ1v) is 7.64. The minimum Gasteiger partial charge on any atom is -0.461 e. The zero-order chi connectivity index (χ0) is 16.6. The number of carbonyl (C=O) groups excluding carboxylic acids is 1. The first-order valence-electron chi connectivity index (χ1n) is 7.64. The number of nitrogens with zero attached hydrogens (tertiary/aromatic N) is 4. The number of aromatic nitrogens is 4. The van der Waals surface area contributed by atoms with Crippen molar-refractivity contribution in [3.63, 3.8) is 0 Å². The van der Waals surface area contributed by atoms with Crippen LogP contribution in [0.5, 0.6) is 0 Å². The Morgan fingerprint density at radius 2 is 1.83 bits per heavy atom. The minimum atomic E-state index is -0.240. The van der Waals surface area contributed by atoms with Crippen molar-refractivity contribution in [1.82, 2.24) is 15.3 Å². The Morgan fingerprint density at radius 3 is 2.54 bits per heavy atom. The van der Waals surface area contributed by atoms with Gasteiger partial charge in [0.05, 0.1) is 12.4 Å². The molecule has 24 heavy (non-hydrogen) atoms. The summed E-state index contributed by atoms with van der Waals surface area (Å²) in [4.78, 5) is 11.8. The van der Waals surface area contributed by atoms with Gasteiger partial charge in [-0.25, -0.2) is 0 Å². The van der Waals surface area contributed by atoms with Crippen molar-refractivity contribution in [1.29, 1.82) is 0 Å². The third-order valence-electron chi connectivity index (χ3n) is 3.48. The molecule has 0 radical (unpaired) electrons. The van der Waals surface area contributed by atoms with Crippen LogP contribution in [-0.4, -0.2) is 21.3 Å². The van der Waals surface area contributed by atoms with Crippen LogP contribution in [0.15, 0.2) is 67.3 Å². The average Bonchev–Trinajstić information content (AvgIpc) is 2.67. The fourth-order valence-electron chi connectivity index (χ4n) is 2.16. The van der Waals surface area contributed by atoms with Crippen molar-refractivity contribution < 1.29 is 14.2 Å². The lowest BCUT2D eigenvalue weighted by Crippen LogP contribution is -2.38. The summed E-state index contributed by atoms with van der Waals surface area (Å²) in [6.07, 6.45) is 7.18. The molecule has 0 bridgehead atoms. The van der Waals surface area contributed by atoms with Gasteiger partial charge in [-0.2, -0.15) is 10.2 Å². The third kappa shape index (κ3) is 4.42. The Kier molecular flexibility index (Phi) is 5.19. The van der Waals surface area contributed by atoms with Gasteiger partial charge in [0.1, 0.15) is 19.2 Å². The lowest BCUT2D eigenvalue weighted by molar-refractivity contribution is -0.752. The number of hydrogen-bond donors (Lipinski definition) is 0. The molecule has 3 aromatic rings. The quantitative estimate of drug-likeness (QED) is 0.513. The van der Waals surface area contributed by atoms with Gasteiger partial charge in [-0.15, -0.1) is 0 Å². The van der Waals surface area contributed by atoms with Crippen LogP contribution in [0.4, 0.5) is 0 Å². The molecule has 120 valence electrons. The van der Waals surface area contributed by atoms with E-state index in [1.807, 2.05) is 48.7 Å². The summed E-state index contributed by atoms with van der Waals surface area (Å²) in [7, 11) is 0. The number of carbonyl (C=O) groups is 1. The molecule has 0 unspecified atom stereocenters. The molecule has 0 atom stereocenters.